The van der Waals surface area contributed by atoms with Gasteiger partial charge in [0.25, 0.3) is 0 Å². The molecule has 1 aromatic rings. The number of fused-ring (bicyclic) bond motifs is 1. The summed E-state index contributed by atoms with van der Waals surface area (Å²) >= 11 is 0. The van der Waals surface area contributed by atoms with Gasteiger partial charge >= 0.3 is 0 Å². The lowest BCUT2D eigenvalue weighted by Gasteiger charge is -2.39. The van der Waals surface area contributed by atoms with Gasteiger partial charge in [0, 0.05) is 19.5 Å². The third-order valence-electron chi connectivity index (χ3n) is 4.89. The third kappa shape index (κ3) is 1.50. The number of nitrogens with one attached hydrogen (secondary N) is 1. The number of rotatable bonds is 1. The second kappa shape index (κ2) is 3.49. The minimum atomic E-state index is 0.643. The van der Waals surface area contributed by atoms with Crippen molar-refractivity contribution in [2.45, 2.75) is 31.6 Å². The van der Waals surface area contributed by atoms with Crippen molar-refractivity contribution in [3.63, 3.8) is 0 Å². The van der Waals surface area contributed by atoms with Gasteiger partial charge in [0.2, 0.25) is 0 Å². The molecule has 17 heavy (non-hydrogen) atoms. The molecule has 2 aliphatic heterocycles. The van der Waals surface area contributed by atoms with Crippen LogP contribution in [0.5, 0.6) is 5.75 Å². The maximum Gasteiger partial charge on any atom is 0.122 e. The molecule has 2 nitrogen and oxygen atoms in total. The Bertz CT molecular complexity index is 450. The smallest absolute Gasteiger partial charge is 0.122 e. The quantitative estimate of drug-likeness (QED) is 0.799. The summed E-state index contributed by atoms with van der Waals surface area (Å²) in [6.07, 6.45) is 5.23. The average molecular weight is 229 g/mol. The molecule has 3 aliphatic rings. The normalized spacial score (nSPS) is 28.8. The lowest BCUT2D eigenvalue weighted by Crippen LogP contribution is -2.51. The van der Waals surface area contributed by atoms with Gasteiger partial charge in [-0.15, -0.1) is 0 Å². The Kier molecular flexibility index (Phi) is 2.04. The molecule has 0 radical (unpaired) electrons. The number of benzene rings is 1. The molecule has 2 fully saturated rings. The number of hydrogen-bond donors (Lipinski definition) is 1. The van der Waals surface area contributed by atoms with Crippen molar-refractivity contribution < 1.29 is 4.74 Å². The lowest BCUT2D eigenvalue weighted by atomic mass is 9.79. The van der Waals surface area contributed by atoms with Crippen LogP contribution in [0.1, 0.15) is 36.3 Å². The predicted molar refractivity (Wildman–Crippen MR) is 67.5 cm³/mol. The molecule has 1 saturated heterocycles. The third-order valence-corrected chi connectivity index (χ3v) is 4.89. The van der Waals surface area contributed by atoms with Crippen molar-refractivity contribution in [1.82, 2.24) is 5.32 Å². The zero-order valence-electron chi connectivity index (χ0n) is 10.2. The van der Waals surface area contributed by atoms with Crippen molar-refractivity contribution in [2.75, 3.05) is 19.7 Å². The molecule has 0 bridgehead atoms. The van der Waals surface area contributed by atoms with Crippen LogP contribution >= 0.6 is 0 Å². The Hall–Kier alpha value is -1.02. The van der Waals surface area contributed by atoms with Crippen molar-refractivity contribution in [3.05, 3.63) is 29.3 Å². The lowest BCUT2D eigenvalue weighted by molar-refractivity contribution is 0.175. The van der Waals surface area contributed by atoms with E-state index in [4.69, 9.17) is 4.74 Å². The van der Waals surface area contributed by atoms with Crippen LogP contribution in [0.2, 0.25) is 0 Å². The van der Waals surface area contributed by atoms with E-state index < -0.39 is 0 Å². The summed E-state index contributed by atoms with van der Waals surface area (Å²) in [5, 5.41) is 3.43. The second-order valence-corrected chi connectivity index (χ2v) is 6.01. The molecule has 4 rings (SSSR count). The Morgan fingerprint density at radius 2 is 2.24 bits per heavy atom. The molecule has 0 amide bonds. The van der Waals surface area contributed by atoms with Gasteiger partial charge in [-0.05, 0) is 47.8 Å². The van der Waals surface area contributed by atoms with Crippen LogP contribution in [0, 0.1) is 5.41 Å². The van der Waals surface area contributed by atoms with Crippen molar-refractivity contribution in [2.24, 2.45) is 5.41 Å². The first-order chi connectivity index (χ1) is 8.35. The zero-order valence-corrected chi connectivity index (χ0v) is 10.2. The summed E-state index contributed by atoms with van der Waals surface area (Å²) in [5.74, 6) is 1.92. The number of ether oxygens (including phenoxy) is 1. The van der Waals surface area contributed by atoms with Crippen LogP contribution in [-0.2, 0) is 6.42 Å². The summed E-state index contributed by atoms with van der Waals surface area (Å²) in [5.41, 5.74) is 3.55. The van der Waals surface area contributed by atoms with Crippen molar-refractivity contribution in [1.29, 1.82) is 0 Å². The van der Waals surface area contributed by atoms with Gasteiger partial charge in [-0.3, -0.25) is 0 Å². The standard InChI is InChI=1S/C15H19NO/c1-2-12(7-14-11(1)4-6-17-14)13-3-5-15(8-13)9-16-10-15/h1-2,7,13,16H,3-6,8-10H2. The largest absolute Gasteiger partial charge is 0.493 e. The van der Waals surface area contributed by atoms with E-state index in [9.17, 15) is 0 Å². The van der Waals surface area contributed by atoms with Crippen LogP contribution in [-0.4, -0.2) is 19.7 Å². The van der Waals surface area contributed by atoms with Gasteiger partial charge in [0.05, 0.1) is 6.61 Å². The van der Waals surface area contributed by atoms with E-state index in [0.29, 0.717) is 5.41 Å². The second-order valence-electron chi connectivity index (χ2n) is 6.01. The molecule has 2 heterocycles. The SMILES string of the molecule is c1cc2c(cc1C1CCC3(CNC3)C1)OCC2. The van der Waals surface area contributed by atoms with Crippen molar-refractivity contribution >= 4 is 0 Å². The van der Waals surface area contributed by atoms with Crippen LogP contribution in [0.3, 0.4) is 0 Å². The summed E-state index contributed by atoms with van der Waals surface area (Å²) in [4.78, 5) is 0. The molecule has 1 unspecified atom stereocenters. The highest BCUT2D eigenvalue weighted by Gasteiger charge is 2.43. The van der Waals surface area contributed by atoms with E-state index in [2.05, 4.69) is 23.5 Å². The van der Waals surface area contributed by atoms with E-state index in [1.165, 1.54) is 43.5 Å². The Balaban J connectivity index is 1.59. The molecule has 1 atom stereocenters. The fraction of sp³-hybridized carbons (Fsp3) is 0.600. The molecule has 1 aliphatic carbocycles. The van der Waals surface area contributed by atoms with Gasteiger partial charge in [0.1, 0.15) is 5.75 Å². The van der Waals surface area contributed by atoms with E-state index in [1.807, 2.05) is 0 Å². The molecular weight excluding hydrogens is 210 g/mol. The molecule has 2 heteroatoms. The zero-order chi connectivity index (χ0) is 11.3. The Labute approximate surface area is 102 Å². The Morgan fingerprint density at radius 3 is 3.00 bits per heavy atom. The molecule has 90 valence electrons. The highest BCUT2D eigenvalue weighted by Crippen LogP contribution is 2.49. The average Bonchev–Trinajstić information content (AvgIpc) is 2.94. The summed E-state index contributed by atoms with van der Waals surface area (Å²) in [6.45, 7) is 3.35. The van der Waals surface area contributed by atoms with E-state index in [0.717, 1.165) is 24.7 Å². The van der Waals surface area contributed by atoms with Gasteiger partial charge < -0.3 is 10.1 Å². The maximum absolute atomic E-state index is 5.68. The highest BCUT2D eigenvalue weighted by atomic mass is 16.5. The number of hydrogen-bond acceptors (Lipinski definition) is 2. The van der Waals surface area contributed by atoms with Crippen molar-refractivity contribution in [3.8, 4) is 5.75 Å². The van der Waals surface area contributed by atoms with Crippen LogP contribution < -0.4 is 10.1 Å². The molecule has 1 spiro atoms. The van der Waals surface area contributed by atoms with Crippen LogP contribution in [0.4, 0.5) is 0 Å². The Morgan fingerprint density at radius 1 is 1.29 bits per heavy atom. The van der Waals surface area contributed by atoms with E-state index in [1.54, 1.807) is 0 Å². The molecule has 1 aromatic carbocycles. The first-order valence-corrected chi connectivity index (χ1v) is 6.81. The maximum atomic E-state index is 5.68. The van der Waals surface area contributed by atoms with Gasteiger partial charge in [0.15, 0.2) is 0 Å². The summed E-state index contributed by atoms with van der Waals surface area (Å²) < 4.78 is 5.68. The predicted octanol–water partition coefficient (Wildman–Crippen LogP) is 2.48. The molecular formula is C15H19NO. The van der Waals surface area contributed by atoms with E-state index >= 15 is 0 Å². The van der Waals surface area contributed by atoms with Gasteiger partial charge in [-0.2, -0.15) is 0 Å². The fourth-order valence-corrected chi connectivity index (χ4v) is 3.73. The minimum absolute atomic E-state index is 0.643. The molecule has 1 N–H and O–H groups in total. The molecule has 0 aromatic heterocycles. The molecule has 1 saturated carbocycles. The van der Waals surface area contributed by atoms with Gasteiger partial charge in [-0.1, -0.05) is 12.1 Å². The fourth-order valence-electron chi connectivity index (χ4n) is 3.73. The van der Waals surface area contributed by atoms with Crippen LogP contribution in [0.15, 0.2) is 18.2 Å². The summed E-state index contributed by atoms with van der Waals surface area (Å²) in [6, 6.07) is 6.92. The topological polar surface area (TPSA) is 21.3 Å². The van der Waals surface area contributed by atoms with Gasteiger partial charge in [-0.25, -0.2) is 0 Å². The first-order valence-electron chi connectivity index (χ1n) is 6.81. The first kappa shape index (κ1) is 9.95. The minimum Gasteiger partial charge on any atom is -0.493 e. The summed E-state index contributed by atoms with van der Waals surface area (Å²) in [7, 11) is 0. The highest BCUT2D eigenvalue weighted by molar-refractivity contribution is 5.41. The van der Waals surface area contributed by atoms with Crippen LogP contribution in [0.25, 0.3) is 0 Å². The van der Waals surface area contributed by atoms with E-state index in [-0.39, 0.29) is 0 Å². The monoisotopic (exact) mass is 229 g/mol.